The van der Waals surface area contributed by atoms with E-state index >= 15 is 0 Å². The van der Waals surface area contributed by atoms with Crippen LogP contribution in [0.3, 0.4) is 0 Å². The molecular formula is C12H19N3O3S. The highest BCUT2D eigenvalue weighted by atomic mass is 32.1. The lowest BCUT2D eigenvalue weighted by Crippen LogP contribution is -2.46. The summed E-state index contributed by atoms with van der Waals surface area (Å²) in [4.78, 5) is 15.8. The second-order valence-electron chi connectivity index (χ2n) is 4.69. The predicted molar refractivity (Wildman–Crippen MR) is 75.9 cm³/mol. The first-order valence-corrected chi connectivity index (χ1v) is 7.28. The van der Waals surface area contributed by atoms with Crippen molar-refractivity contribution in [3.05, 3.63) is 21.1 Å². The molecule has 2 heterocycles. The van der Waals surface area contributed by atoms with Gasteiger partial charge in [0, 0.05) is 37.1 Å². The van der Waals surface area contributed by atoms with E-state index in [0.717, 1.165) is 32.7 Å². The Hall–Kier alpha value is -1.18. The molecule has 2 rings (SSSR count). The zero-order valence-corrected chi connectivity index (χ0v) is 12.0. The van der Waals surface area contributed by atoms with Crippen molar-refractivity contribution in [2.45, 2.75) is 20.0 Å². The molecule has 0 bridgehead atoms. The van der Waals surface area contributed by atoms with E-state index in [4.69, 9.17) is 0 Å². The van der Waals surface area contributed by atoms with E-state index in [9.17, 15) is 15.2 Å². The fraction of sp³-hybridized carbons (Fsp3) is 0.667. The van der Waals surface area contributed by atoms with Crippen molar-refractivity contribution in [1.82, 2.24) is 4.90 Å². The molecule has 106 valence electrons. The summed E-state index contributed by atoms with van der Waals surface area (Å²) in [6, 6.07) is 1.50. The number of nitrogens with zero attached hydrogens (tertiary/aromatic N) is 3. The third-order valence-corrected chi connectivity index (χ3v) is 4.78. The van der Waals surface area contributed by atoms with Gasteiger partial charge < -0.3 is 14.9 Å². The monoisotopic (exact) mass is 285 g/mol. The summed E-state index contributed by atoms with van der Waals surface area (Å²) in [5, 5.41) is 21.4. The standard InChI is InChI=1S/C12H19N3O3S/c1-3-13-4-6-14(7-5-13)12-10(15(17)18)8-11(19-12)9(2)16/h8-9,16H,3-7H2,1-2H3/t9-/m0/s1. The van der Waals surface area contributed by atoms with Crippen LogP contribution in [0.4, 0.5) is 10.7 Å². The number of hydrogen-bond donors (Lipinski definition) is 1. The van der Waals surface area contributed by atoms with Gasteiger partial charge in [0.15, 0.2) is 5.00 Å². The maximum Gasteiger partial charge on any atom is 0.304 e. The van der Waals surface area contributed by atoms with Crippen molar-refractivity contribution in [3.8, 4) is 0 Å². The fourth-order valence-corrected chi connectivity index (χ4v) is 3.33. The lowest BCUT2D eigenvalue weighted by molar-refractivity contribution is -0.383. The minimum atomic E-state index is -0.658. The third kappa shape index (κ3) is 3.05. The number of thiophene rings is 1. The Bertz CT molecular complexity index is 453. The van der Waals surface area contributed by atoms with Gasteiger partial charge in [0.05, 0.1) is 11.0 Å². The van der Waals surface area contributed by atoms with Crippen LogP contribution in [0.1, 0.15) is 24.8 Å². The molecule has 7 heteroatoms. The molecule has 0 spiro atoms. The molecule has 0 radical (unpaired) electrons. The molecule has 0 aliphatic carbocycles. The topological polar surface area (TPSA) is 69.8 Å². The van der Waals surface area contributed by atoms with Gasteiger partial charge in [-0.1, -0.05) is 6.92 Å². The molecule has 1 aliphatic rings. The van der Waals surface area contributed by atoms with E-state index in [1.54, 1.807) is 6.92 Å². The number of aliphatic hydroxyl groups is 1. The van der Waals surface area contributed by atoms with E-state index in [2.05, 4.69) is 16.7 Å². The number of piperazine rings is 1. The summed E-state index contributed by atoms with van der Waals surface area (Å²) in [6.07, 6.45) is -0.658. The third-order valence-electron chi connectivity index (χ3n) is 3.43. The Morgan fingerprint density at radius 1 is 1.47 bits per heavy atom. The Kier molecular flexibility index (Phi) is 4.38. The lowest BCUT2D eigenvalue weighted by Gasteiger charge is -2.34. The van der Waals surface area contributed by atoms with Crippen LogP contribution in [0.25, 0.3) is 0 Å². The van der Waals surface area contributed by atoms with Gasteiger partial charge in [0.25, 0.3) is 0 Å². The number of anilines is 1. The van der Waals surface area contributed by atoms with Gasteiger partial charge in [-0.2, -0.15) is 0 Å². The average molecular weight is 285 g/mol. The van der Waals surface area contributed by atoms with Gasteiger partial charge in [0.2, 0.25) is 0 Å². The molecule has 6 nitrogen and oxygen atoms in total. The first kappa shape index (κ1) is 14.2. The highest BCUT2D eigenvalue weighted by Gasteiger charge is 2.27. The highest BCUT2D eigenvalue weighted by Crippen LogP contribution is 2.40. The number of hydrogen-bond acceptors (Lipinski definition) is 6. The first-order valence-electron chi connectivity index (χ1n) is 6.46. The maximum absolute atomic E-state index is 11.1. The molecular weight excluding hydrogens is 266 g/mol. The van der Waals surface area contributed by atoms with Crippen LogP contribution in [0.2, 0.25) is 0 Å². The van der Waals surface area contributed by atoms with Gasteiger partial charge >= 0.3 is 5.69 Å². The van der Waals surface area contributed by atoms with Crippen molar-refractivity contribution in [3.63, 3.8) is 0 Å². The van der Waals surface area contributed by atoms with Crippen LogP contribution in [-0.4, -0.2) is 47.7 Å². The van der Waals surface area contributed by atoms with E-state index in [1.807, 2.05) is 0 Å². The van der Waals surface area contributed by atoms with Gasteiger partial charge in [-0.3, -0.25) is 10.1 Å². The molecule has 1 aromatic heterocycles. The molecule has 19 heavy (non-hydrogen) atoms. The molecule has 1 saturated heterocycles. The largest absolute Gasteiger partial charge is 0.388 e. The summed E-state index contributed by atoms with van der Waals surface area (Å²) >= 11 is 1.33. The first-order chi connectivity index (χ1) is 9.02. The van der Waals surface area contributed by atoms with Crippen LogP contribution in [0, 0.1) is 10.1 Å². The van der Waals surface area contributed by atoms with Crippen LogP contribution in [0.15, 0.2) is 6.07 Å². The van der Waals surface area contributed by atoms with Crippen LogP contribution in [-0.2, 0) is 0 Å². The smallest absolute Gasteiger partial charge is 0.304 e. The molecule has 0 amide bonds. The highest BCUT2D eigenvalue weighted by molar-refractivity contribution is 7.16. The molecule has 0 saturated carbocycles. The molecule has 1 aliphatic heterocycles. The average Bonchev–Trinajstić information content (AvgIpc) is 2.84. The Morgan fingerprint density at radius 2 is 2.11 bits per heavy atom. The quantitative estimate of drug-likeness (QED) is 0.675. The van der Waals surface area contributed by atoms with Crippen molar-refractivity contribution in [2.75, 3.05) is 37.6 Å². The minimum absolute atomic E-state index is 0.117. The SMILES string of the molecule is CCN1CCN(c2sc([C@H](C)O)cc2[N+](=O)[O-])CC1. The van der Waals surface area contributed by atoms with Crippen LogP contribution in [0.5, 0.6) is 0 Å². The normalized spacial score (nSPS) is 18.6. The van der Waals surface area contributed by atoms with E-state index < -0.39 is 6.10 Å². The Balaban J connectivity index is 2.21. The maximum atomic E-state index is 11.1. The number of nitro groups is 1. The minimum Gasteiger partial charge on any atom is -0.388 e. The van der Waals surface area contributed by atoms with Gasteiger partial charge in [-0.05, 0) is 13.5 Å². The van der Waals surface area contributed by atoms with Gasteiger partial charge in [-0.15, -0.1) is 11.3 Å². The molecule has 1 N–H and O–H groups in total. The van der Waals surface area contributed by atoms with E-state index in [-0.39, 0.29) is 10.6 Å². The molecule has 1 aromatic rings. The fourth-order valence-electron chi connectivity index (χ4n) is 2.22. The summed E-state index contributed by atoms with van der Waals surface area (Å²) < 4.78 is 0. The number of likely N-dealkylation sites (N-methyl/N-ethyl adjacent to an activating group) is 1. The van der Waals surface area contributed by atoms with Crippen molar-refractivity contribution in [1.29, 1.82) is 0 Å². The summed E-state index contributed by atoms with van der Waals surface area (Å²) in [5.41, 5.74) is 0.117. The molecule has 1 fully saturated rings. The summed E-state index contributed by atoms with van der Waals surface area (Å²) in [5.74, 6) is 0. The van der Waals surface area contributed by atoms with E-state index in [0.29, 0.717) is 9.88 Å². The van der Waals surface area contributed by atoms with Gasteiger partial charge in [-0.25, -0.2) is 0 Å². The second kappa shape index (κ2) is 5.85. The second-order valence-corrected chi connectivity index (χ2v) is 5.76. The summed E-state index contributed by atoms with van der Waals surface area (Å²) in [7, 11) is 0. The molecule has 1 atom stereocenters. The zero-order valence-electron chi connectivity index (χ0n) is 11.2. The van der Waals surface area contributed by atoms with Gasteiger partial charge in [0.1, 0.15) is 0 Å². The Labute approximate surface area is 116 Å². The molecule has 0 unspecified atom stereocenters. The predicted octanol–water partition coefficient (Wildman–Crippen LogP) is 1.85. The van der Waals surface area contributed by atoms with Crippen molar-refractivity contribution < 1.29 is 10.0 Å². The molecule has 0 aromatic carbocycles. The lowest BCUT2D eigenvalue weighted by atomic mass is 10.3. The summed E-state index contributed by atoms with van der Waals surface area (Å²) in [6.45, 7) is 8.22. The van der Waals surface area contributed by atoms with E-state index in [1.165, 1.54) is 17.4 Å². The van der Waals surface area contributed by atoms with Crippen LogP contribution < -0.4 is 4.90 Å². The van der Waals surface area contributed by atoms with Crippen LogP contribution >= 0.6 is 11.3 Å². The zero-order chi connectivity index (χ0) is 14.0. The number of rotatable bonds is 4. The van der Waals surface area contributed by atoms with Crippen molar-refractivity contribution >= 4 is 22.0 Å². The van der Waals surface area contributed by atoms with Crippen molar-refractivity contribution in [2.24, 2.45) is 0 Å². The number of aliphatic hydroxyl groups excluding tert-OH is 1. The Morgan fingerprint density at radius 3 is 2.58 bits per heavy atom.